The lowest BCUT2D eigenvalue weighted by molar-refractivity contribution is -0.134. The number of fused-ring (bicyclic) bond motifs is 1. The van der Waals surface area contributed by atoms with Crippen molar-refractivity contribution in [2.45, 2.75) is 64.2 Å². The summed E-state index contributed by atoms with van der Waals surface area (Å²) in [5, 5.41) is 3.20. The van der Waals surface area contributed by atoms with Crippen LogP contribution in [0, 0.1) is 11.3 Å². The molecule has 29 heavy (non-hydrogen) atoms. The maximum absolute atomic E-state index is 12.9. The maximum Gasteiger partial charge on any atom is 0.255 e. The van der Waals surface area contributed by atoms with Crippen LogP contribution in [-0.4, -0.2) is 43.0 Å². The van der Waals surface area contributed by atoms with E-state index < -0.39 is 0 Å². The molecule has 4 rings (SSSR count). The van der Waals surface area contributed by atoms with Gasteiger partial charge in [0.05, 0.1) is 12.2 Å². The van der Waals surface area contributed by atoms with Crippen LogP contribution in [-0.2, 0) is 4.79 Å². The third kappa shape index (κ3) is 5.31. The first-order chi connectivity index (χ1) is 14.2. The molecule has 5 heteroatoms. The zero-order valence-corrected chi connectivity index (χ0v) is 17.5. The second kappa shape index (κ2) is 9.19. The number of likely N-dealkylation sites (tertiary alicyclic amines) is 1. The molecule has 5 nitrogen and oxygen atoms in total. The average Bonchev–Trinajstić information content (AvgIpc) is 3.55. The van der Waals surface area contributed by atoms with Crippen LogP contribution >= 0.6 is 0 Å². The number of hydrogen-bond acceptors (Lipinski definition) is 3. The second-order valence-corrected chi connectivity index (χ2v) is 9.22. The normalized spacial score (nSPS) is 23.0. The predicted octanol–water partition coefficient (Wildman–Crippen LogP) is 4.17. The molecule has 1 spiro atoms. The van der Waals surface area contributed by atoms with Gasteiger partial charge in [-0.15, -0.1) is 0 Å². The maximum atomic E-state index is 12.9. The highest BCUT2D eigenvalue weighted by atomic mass is 16.5. The molecule has 0 radical (unpaired) electrons. The Bertz CT molecular complexity index is 721. The molecule has 2 heterocycles. The van der Waals surface area contributed by atoms with E-state index in [-0.39, 0.29) is 11.3 Å². The van der Waals surface area contributed by atoms with Gasteiger partial charge in [-0.3, -0.25) is 9.59 Å². The van der Waals surface area contributed by atoms with Gasteiger partial charge in [-0.2, -0.15) is 0 Å². The average molecular weight is 399 g/mol. The first kappa shape index (κ1) is 20.2. The van der Waals surface area contributed by atoms with Crippen LogP contribution in [0.25, 0.3) is 0 Å². The number of amides is 2. The molecule has 0 unspecified atom stereocenters. The van der Waals surface area contributed by atoms with Crippen molar-refractivity contribution in [3.63, 3.8) is 0 Å². The highest BCUT2D eigenvalue weighted by Gasteiger charge is 2.37. The number of nitrogens with one attached hydrogen (secondary N) is 1. The first-order valence-electron chi connectivity index (χ1n) is 11.4. The molecule has 1 saturated carbocycles. The lowest BCUT2D eigenvalue weighted by atomic mass is 9.74. The highest BCUT2D eigenvalue weighted by Crippen LogP contribution is 2.38. The molecule has 2 fully saturated rings. The number of rotatable bonds is 2. The third-order valence-electron chi connectivity index (χ3n) is 6.95. The smallest absolute Gasteiger partial charge is 0.255 e. The van der Waals surface area contributed by atoms with Gasteiger partial charge in [0.2, 0.25) is 5.91 Å². The van der Waals surface area contributed by atoms with Crippen molar-refractivity contribution in [1.82, 2.24) is 10.2 Å². The summed E-state index contributed by atoms with van der Waals surface area (Å²) in [6.45, 7) is 3.01. The molecule has 2 aliphatic heterocycles. The highest BCUT2D eigenvalue weighted by molar-refractivity contribution is 5.96. The van der Waals surface area contributed by atoms with Crippen LogP contribution in [0.4, 0.5) is 0 Å². The molecule has 1 aromatic rings. The minimum atomic E-state index is -0.0496. The van der Waals surface area contributed by atoms with Gasteiger partial charge in [-0.05, 0) is 62.0 Å². The monoisotopic (exact) mass is 398 g/mol. The van der Waals surface area contributed by atoms with Crippen molar-refractivity contribution in [3.05, 3.63) is 29.8 Å². The van der Waals surface area contributed by atoms with E-state index in [0.717, 1.165) is 51.6 Å². The standard InChI is InChI=1S/C24H34N2O3/c27-22(17-19-9-10-19)26-14-12-24(13-15-26)11-5-1-2-6-16-29-21-8-4-3-7-20(21)23(28)25-18-24/h3-4,7-8,19H,1-2,5-6,9-18H2,(H,25,28). The molecule has 3 aliphatic rings. The van der Waals surface area contributed by atoms with Crippen molar-refractivity contribution in [2.75, 3.05) is 26.2 Å². The Hall–Kier alpha value is -2.04. The quantitative estimate of drug-likeness (QED) is 0.813. The van der Waals surface area contributed by atoms with E-state index in [4.69, 9.17) is 4.74 Å². The Labute approximate surface area is 174 Å². The van der Waals surface area contributed by atoms with Gasteiger partial charge in [0.1, 0.15) is 5.75 Å². The topological polar surface area (TPSA) is 58.6 Å². The van der Waals surface area contributed by atoms with Crippen LogP contribution in [0.2, 0.25) is 0 Å². The molecule has 158 valence electrons. The molecular weight excluding hydrogens is 364 g/mol. The van der Waals surface area contributed by atoms with Crippen LogP contribution in [0.1, 0.15) is 74.6 Å². The van der Waals surface area contributed by atoms with Gasteiger partial charge in [0.25, 0.3) is 5.91 Å². The molecular formula is C24H34N2O3. The van der Waals surface area contributed by atoms with E-state index >= 15 is 0 Å². The third-order valence-corrected chi connectivity index (χ3v) is 6.95. The zero-order chi connectivity index (χ0) is 20.1. The largest absolute Gasteiger partial charge is 0.493 e. The molecule has 0 aromatic heterocycles. The molecule has 1 N–H and O–H groups in total. The molecule has 0 atom stereocenters. The minimum absolute atomic E-state index is 0.0496. The van der Waals surface area contributed by atoms with E-state index in [1.165, 1.54) is 25.7 Å². The number of hydrogen-bond donors (Lipinski definition) is 1. The van der Waals surface area contributed by atoms with Gasteiger partial charge < -0.3 is 15.0 Å². The Morgan fingerprint density at radius 3 is 2.62 bits per heavy atom. The van der Waals surface area contributed by atoms with E-state index in [1.54, 1.807) is 0 Å². The van der Waals surface area contributed by atoms with Gasteiger partial charge in [-0.1, -0.05) is 31.4 Å². The van der Waals surface area contributed by atoms with Crippen molar-refractivity contribution < 1.29 is 14.3 Å². The Kier molecular flexibility index (Phi) is 6.41. The Balaban J connectivity index is 1.42. The molecule has 1 aromatic carbocycles. The van der Waals surface area contributed by atoms with E-state index in [2.05, 4.69) is 10.2 Å². The summed E-state index contributed by atoms with van der Waals surface area (Å²) in [6.07, 6.45) is 10.8. The fourth-order valence-corrected chi connectivity index (χ4v) is 4.72. The van der Waals surface area contributed by atoms with Gasteiger partial charge in [0.15, 0.2) is 0 Å². The summed E-state index contributed by atoms with van der Waals surface area (Å²) in [6, 6.07) is 7.53. The molecule has 2 amide bonds. The first-order valence-corrected chi connectivity index (χ1v) is 11.4. The van der Waals surface area contributed by atoms with Crippen molar-refractivity contribution in [3.8, 4) is 5.75 Å². The summed E-state index contributed by atoms with van der Waals surface area (Å²) >= 11 is 0. The van der Waals surface area contributed by atoms with Gasteiger partial charge in [-0.25, -0.2) is 0 Å². The van der Waals surface area contributed by atoms with Crippen LogP contribution in [0.3, 0.4) is 0 Å². The number of benzene rings is 1. The number of carbonyl (C=O) groups excluding carboxylic acids is 2. The van der Waals surface area contributed by atoms with Gasteiger partial charge >= 0.3 is 0 Å². The van der Waals surface area contributed by atoms with Gasteiger partial charge in [0, 0.05) is 26.1 Å². The minimum Gasteiger partial charge on any atom is -0.493 e. The second-order valence-electron chi connectivity index (χ2n) is 9.22. The van der Waals surface area contributed by atoms with E-state index in [0.29, 0.717) is 36.3 Å². The van der Waals surface area contributed by atoms with Crippen LogP contribution in [0.15, 0.2) is 24.3 Å². The van der Waals surface area contributed by atoms with Crippen molar-refractivity contribution in [2.24, 2.45) is 11.3 Å². The number of piperidine rings is 1. The number of ether oxygens (including phenoxy) is 1. The Morgan fingerprint density at radius 1 is 1.07 bits per heavy atom. The Morgan fingerprint density at radius 2 is 1.83 bits per heavy atom. The summed E-state index contributed by atoms with van der Waals surface area (Å²) in [4.78, 5) is 27.4. The van der Waals surface area contributed by atoms with Crippen LogP contribution in [0.5, 0.6) is 5.75 Å². The fourth-order valence-electron chi connectivity index (χ4n) is 4.72. The summed E-state index contributed by atoms with van der Waals surface area (Å²) in [5.74, 6) is 1.61. The lowest BCUT2D eigenvalue weighted by Crippen LogP contribution is -2.48. The summed E-state index contributed by atoms with van der Waals surface area (Å²) < 4.78 is 5.88. The van der Waals surface area contributed by atoms with E-state index in [9.17, 15) is 9.59 Å². The summed E-state index contributed by atoms with van der Waals surface area (Å²) in [7, 11) is 0. The zero-order valence-electron chi connectivity index (χ0n) is 17.5. The molecule has 1 saturated heterocycles. The predicted molar refractivity (Wildman–Crippen MR) is 113 cm³/mol. The van der Waals surface area contributed by atoms with Crippen molar-refractivity contribution >= 4 is 11.8 Å². The van der Waals surface area contributed by atoms with E-state index in [1.807, 2.05) is 24.3 Å². The van der Waals surface area contributed by atoms with Crippen LogP contribution < -0.4 is 10.1 Å². The summed E-state index contributed by atoms with van der Waals surface area (Å²) in [5.41, 5.74) is 0.731. The fraction of sp³-hybridized carbons (Fsp3) is 0.667. The SMILES string of the molecule is O=C1NCC2(CCCCCCOc3ccccc31)CCN(C(=O)CC1CC1)CC2. The molecule has 1 aliphatic carbocycles. The number of nitrogens with zero attached hydrogens (tertiary/aromatic N) is 1. The lowest BCUT2D eigenvalue weighted by Gasteiger charge is -2.42. The number of para-hydroxylation sites is 1. The number of carbonyl (C=O) groups is 2. The molecule has 0 bridgehead atoms. The van der Waals surface area contributed by atoms with Crippen molar-refractivity contribution in [1.29, 1.82) is 0 Å².